The summed E-state index contributed by atoms with van der Waals surface area (Å²) in [7, 11) is 1.45. The average molecular weight is 386 g/mol. The maximum Gasteiger partial charge on any atom is -0.0132 e. The van der Waals surface area contributed by atoms with Gasteiger partial charge in [0.15, 0.2) is 0 Å². The lowest BCUT2D eigenvalue weighted by Gasteiger charge is -2.24. The van der Waals surface area contributed by atoms with Gasteiger partial charge in [0.2, 0.25) is 0 Å². The SMILES string of the molecule is c1ccc(P2CCCC2CPCC2CCCP2c2ccccc2)cc1. The molecule has 0 amide bonds. The molecule has 2 aliphatic rings. The van der Waals surface area contributed by atoms with Crippen LogP contribution in [0.1, 0.15) is 25.7 Å². The van der Waals surface area contributed by atoms with Crippen molar-refractivity contribution in [2.45, 2.75) is 37.0 Å². The van der Waals surface area contributed by atoms with E-state index in [0.29, 0.717) is 0 Å². The Hall–Kier alpha value is -0.270. The monoisotopic (exact) mass is 386 g/mol. The quantitative estimate of drug-likeness (QED) is 0.567. The summed E-state index contributed by atoms with van der Waals surface area (Å²) in [6.45, 7) is 0. The Balaban J connectivity index is 1.31. The van der Waals surface area contributed by atoms with Gasteiger partial charge in [0.05, 0.1) is 0 Å². The van der Waals surface area contributed by atoms with E-state index < -0.39 is 0 Å². The molecule has 2 fully saturated rings. The van der Waals surface area contributed by atoms with Crippen LogP contribution in [0.15, 0.2) is 60.7 Å². The van der Waals surface area contributed by atoms with Crippen molar-refractivity contribution in [2.75, 3.05) is 24.6 Å². The van der Waals surface area contributed by atoms with Gasteiger partial charge in [-0.1, -0.05) is 76.5 Å². The molecule has 0 bridgehead atoms. The molecule has 132 valence electrons. The highest BCUT2D eigenvalue weighted by Crippen LogP contribution is 2.53. The van der Waals surface area contributed by atoms with Gasteiger partial charge in [-0.15, -0.1) is 8.58 Å². The molecule has 0 saturated carbocycles. The van der Waals surface area contributed by atoms with E-state index in [1.54, 1.807) is 10.6 Å². The predicted molar refractivity (Wildman–Crippen MR) is 120 cm³/mol. The van der Waals surface area contributed by atoms with Gasteiger partial charge in [0.25, 0.3) is 0 Å². The van der Waals surface area contributed by atoms with Crippen LogP contribution < -0.4 is 10.6 Å². The van der Waals surface area contributed by atoms with Gasteiger partial charge in [-0.05, 0) is 72.3 Å². The zero-order chi connectivity index (χ0) is 16.9. The van der Waals surface area contributed by atoms with Crippen molar-refractivity contribution in [2.24, 2.45) is 0 Å². The molecule has 2 aromatic carbocycles. The van der Waals surface area contributed by atoms with Crippen molar-refractivity contribution in [3.63, 3.8) is 0 Å². The fourth-order valence-electron chi connectivity index (χ4n) is 4.43. The van der Waals surface area contributed by atoms with Crippen molar-refractivity contribution in [3.05, 3.63) is 60.7 Å². The molecule has 0 aromatic heterocycles. The Kier molecular flexibility index (Phi) is 6.58. The summed E-state index contributed by atoms with van der Waals surface area (Å²) in [6.07, 6.45) is 11.9. The standard InChI is InChI=1S/C22H29P3/c1-3-9-19(10-4-1)24-15-7-13-21(24)17-23-18-22-14-8-16-25(22)20-11-5-2-6-12-20/h1-6,9-12,21-23H,7-8,13-18H2. The Bertz CT molecular complexity index is 585. The minimum atomic E-state index is 0.130. The maximum absolute atomic E-state index is 2.39. The molecule has 25 heavy (non-hydrogen) atoms. The van der Waals surface area contributed by atoms with Crippen LogP contribution in [-0.2, 0) is 0 Å². The van der Waals surface area contributed by atoms with Crippen LogP contribution in [-0.4, -0.2) is 36.0 Å². The number of rotatable bonds is 6. The third kappa shape index (κ3) is 4.53. The zero-order valence-electron chi connectivity index (χ0n) is 15.0. The van der Waals surface area contributed by atoms with E-state index in [9.17, 15) is 0 Å². The average Bonchev–Trinajstić information content (AvgIpc) is 3.33. The van der Waals surface area contributed by atoms with Crippen molar-refractivity contribution in [1.82, 2.24) is 0 Å². The lowest BCUT2D eigenvalue weighted by atomic mass is 10.3. The summed E-state index contributed by atoms with van der Waals surface area (Å²) >= 11 is 0. The van der Waals surface area contributed by atoms with Gasteiger partial charge < -0.3 is 0 Å². The van der Waals surface area contributed by atoms with Crippen molar-refractivity contribution in [3.8, 4) is 0 Å². The lowest BCUT2D eigenvalue weighted by Crippen LogP contribution is -2.15. The first kappa shape index (κ1) is 18.1. The highest BCUT2D eigenvalue weighted by atomic mass is 31.1. The second kappa shape index (κ2) is 9.09. The highest BCUT2D eigenvalue weighted by molar-refractivity contribution is 7.68. The van der Waals surface area contributed by atoms with E-state index in [1.165, 1.54) is 58.9 Å². The Morgan fingerprint density at radius 3 is 1.56 bits per heavy atom. The topological polar surface area (TPSA) is 0 Å². The summed E-state index contributed by atoms with van der Waals surface area (Å²) in [5.74, 6) is 0. The predicted octanol–water partition coefficient (Wildman–Crippen LogP) is 5.60. The minimum absolute atomic E-state index is 0.130. The van der Waals surface area contributed by atoms with E-state index >= 15 is 0 Å². The largest absolute Gasteiger partial charge is 0.121 e. The molecule has 2 heterocycles. The van der Waals surface area contributed by atoms with Gasteiger partial charge in [0.1, 0.15) is 0 Å². The Morgan fingerprint density at radius 1 is 0.680 bits per heavy atom. The van der Waals surface area contributed by atoms with Gasteiger partial charge in [-0.2, -0.15) is 0 Å². The third-order valence-electron chi connectivity index (χ3n) is 5.69. The first-order valence-corrected chi connectivity index (χ1v) is 14.4. The van der Waals surface area contributed by atoms with Crippen LogP contribution in [0.5, 0.6) is 0 Å². The smallest absolute Gasteiger partial charge is 0.0132 e. The Morgan fingerprint density at radius 2 is 1.12 bits per heavy atom. The number of hydrogen-bond acceptors (Lipinski definition) is 0. The maximum atomic E-state index is 2.39. The first-order valence-electron chi connectivity index (χ1n) is 9.76. The molecular formula is C22H29P3. The van der Waals surface area contributed by atoms with E-state index in [-0.39, 0.29) is 15.8 Å². The second-order valence-electron chi connectivity index (χ2n) is 7.31. The minimum Gasteiger partial charge on any atom is -0.121 e. The van der Waals surface area contributed by atoms with Gasteiger partial charge >= 0.3 is 0 Å². The van der Waals surface area contributed by atoms with Crippen molar-refractivity contribution in [1.29, 1.82) is 0 Å². The molecule has 0 nitrogen and oxygen atoms in total. The molecule has 2 aromatic rings. The van der Waals surface area contributed by atoms with E-state index in [2.05, 4.69) is 60.7 Å². The normalized spacial score (nSPS) is 29.6. The van der Waals surface area contributed by atoms with Crippen molar-refractivity contribution < 1.29 is 0 Å². The second-order valence-corrected chi connectivity index (χ2v) is 13.9. The summed E-state index contributed by atoms with van der Waals surface area (Å²) in [6, 6.07) is 22.8. The molecule has 0 N–H and O–H groups in total. The summed E-state index contributed by atoms with van der Waals surface area (Å²) in [5, 5.41) is 3.33. The third-order valence-corrected chi connectivity index (χ3v) is 14.1. The highest BCUT2D eigenvalue weighted by Gasteiger charge is 2.30. The molecule has 0 radical (unpaired) electrons. The molecule has 4 unspecified atom stereocenters. The molecule has 0 aliphatic carbocycles. The molecule has 3 heteroatoms. The number of benzene rings is 2. The van der Waals surface area contributed by atoms with Crippen LogP contribution in [0, 0.1) is 0 Å². The fourth-order valence-corrected chi connectivity index (χ4v) is 13.4. The van der Waals surface area contributed by atoms with Gasteiger partial charge in [-0.25, -0.2) is 0 Å². The fraction of sp³-hybridized carbons (Fsp3) is 0.455. The van der Waals surface area contributed by atoms with Crippen LogP contribution in [0.2, 0.25) is 0 Å². The van der Waals surface area contributed by atoms with E-state index in [4.69, 9.17) is 0 Å². The first-order chi connectivity index (χ1) is 12.4. The number of hydrogen-bond donors (Lipinski definition) is 0. The molecule has 4 rings (SSSR count). The van der Waals surface area contributed by atoms with Gasteiger partial charge in [-0.3, -0.25) is 0 Å². The molecule has 2 aliphatic heterocycles. The summed E-state index contributed by atoms with van der Waals surface area (Å²) < 4.78 is 0. The van der Waals surface area contributed by atoms with Crippen LogP contribution in [0.4, 0.5) is 0 Å². The van der Waals surface area contributed by atoms with E-state index in [0.717, 1.165) is 11.3 Å². The molecular weight excluding hydrogens is 357 g/mol. The zero-order valence-corrected chi connectivity index (χ0v) is 17.8. The Labute approximate surface area is 157 Å². The van der Waals surface area contributed by atoms with Crippen molar-refractivity contribution >= 4 is 35.0 Å². The molecule has 2 saturated heterocycles. The van der Waals surface area contributed by atoms with Gasteiger partial charge in [0, 0.05) is 0 Å². The van der Waals surface area contributed by atoms with E-state index in [1.807, 2.05) is 0 Å². The van der Waals surface area contributed by atoms with Crippen LogP contribution in [0.3, 0.4) is 0 Å². The molecule has 0 spiro atoms. The van der Waals surface area contributed by atoms with Crippen LogP contribution in [0.25, 0.3) is 0 Å². The molecule has 4 atom stereocenters. The lowest BCUT2D eigenvalue weighted by molar-refractivity contribution is 0.829. The summed E-state index contributed by atoms with van der Waals surface area (Å²) in [5.41, 5.74) is 2.03. The summed E-state index contributed by atoms with van der Waals surface area (Å²) in [4.78, 5) is 0. The van der Waals surface area contributed by atoms with Crippen LogP contribution >= 0.6 is 24.4 Å².